The number of pyridine rings is 1. The predicted molar refractivity (Wildman–Crippen MR) is 82.6 cm³/mol. The molecule has 0 spiro atoms. The van der Waals surface area contributed by atoms with Crippen molar-refractivity contribution in [3.63, 3.8) is 0 Å². The molecule has 4 rings (SSSR count). The van der Waals surface area contributed by atoms with E-state index in [-0.39, 0.29) is 0 Å². The molecule has 0 amide bonds. The molecule has 0 aliphatic rings. The lowest BCUT2D eigenvalue weighted by molar-refractivity contribution is 1.18. The molecule has 0 aliphatic carbocycles. The average molecular weight is 272 g/mol. The molecular weight excluding hydrogens is 260 g/mol. The molecule has 3 heterocycles. The Morgan fingerprint density at radius 2 is 1.76 bits per heavy atom. The van der Waals surface area contributed by atoms with Gasteiger partial charge in [0.25, 0.3) is 0 Å². The molecule has 0 saturated heterocycles. The number of fused-ring (bicyclic) bond motifs is 1. The Labute approximate surface area is 121 Å². The number of benzene rings is 1. The average Bonchev–Trinajstić information content (AvgIpc) is 3.00. The molecule has 0 radical (unpaired) electrons. The van der Waals surface area contributed by atoms with Gasteiger partial charge < -0.3 is 4.98 Å². The normalized spacial score (nSPS) is 10.9. The van der Waals surface area contributed by atoms with Crippen molar-refractivity contribution in [2.24, 2.45) is 0 Å². The molecule has 1 N–H and O–H groups in total. The maximum absolute atomic E-state index is 4.50. The molecule has 0 atom stereocenters. The largest absolute Gasteiger partial charge is 0.359 e. The molecule has 21 heavy (non-hydrogen) atoms. The number of hydrogen-bond acceptors (Lipinski definition) is 3. The van der Waals surface area contributed by atoms with Crippen molar-refractivity contribution < 1.29 is 0 Å². The fourth-order valence-corrected chi connectivity index (χ4v) is 2.54. The number of nitrogens with one attached hydrogen (secondary N) is 1. The Bertz CT molecular complexity index is 897. The Hall–Kier alpha value is -3.01. The molecule has 4 heteroatoms. The summed E-state index contributed by atoms with van der Waals surface area (Å²) in [4.78, 5) is 16.1. The van der Waals surface area contributed by atoms with Crippen molar-refractivity contribution in [2.45, 2.75) is 0 Å². The standard InChI is InChI=1S/C17H12N4/c1-2-4-12(5-3-1)14-8-19-11-21-17(14)15-9-20-16-10-18-7-6-13(15)16/h1-11,20H. The summed E-state index contributed by atoms with van der Waals surface area (Å²) in [7, 11) is 0. The van der Waals surface area contributed by atoms with Gasteiger partial charge in [-0.2, -0.15) is 0 Å². The first-order valence-corrected chi connectivity index (χ1v) is 6.70. The van der Waals surface area contributed by atoms with Gasteiger partial charge in [0.1, 0.15) is 6.33 Å². The van der Waals surface area contributed by atoms with Gasteiger partial charge in [-0.1, -0.05) is 30.3 Å². The third-order valence-corrected chi connectivity index (χ3v) is 3.54. The third-order valence-electron chi connectivity index (χ3n) is 3.54. The minimum absolute atomic E-state index is 0.925. The second-order valence-electron chi connectivity index (χ2n) is 4.77. The van der Waals surface area contributed by atoms with Gasteiger partial charge in [0.15, 0.2) is 0 Å². The fraction of sp³-hybridized carbons (Fsp3) is 0. The van der Waals surface area contributed by atoms with Crippen LogP contribution in [0.15, 0.2) is 67.5 Å². The number of hydrogen-bond donors (Lipinski definition) is 1. The number of aromatic nitrogens is 4. The van der Waals surface area contributed by atoms with Crippen molar-refractivity contribution >= 4 is 10.9 Å². The summed E-state index contributed by atoms with van der Waals surface area (Å²) in [5.41, 5.74) is 5.12. The van der Waals surface area contributed by atoms with Crippen LogP contribution < -0.4 is 0 Å². The fourth-order valence-electron chi connectivity index (χ4n) is 2.54. The summed E-state index contributed by atoms with van der Waals surface area (Å²) in [5.74, 6) is 0. The van der Waals surface area contributed by atoms with E-state index in [0.717, 1.165) is 33.3 Å². The van der Waals surface area contributed by atoms with E-state index in [1.807, 2.05) is 42.9 Å². The summed E-state index contributed by atoms with van der Waals surface area (Å²) < 4.78 is 0. The van der Waals surface area contributed by atoms with Crippen LogP contribution in [0, 0.1) is 0 Å². The van der Waals surface area contributed by atoms with Gasteiger partial charge in [0, 0.05) is 35.1 Å². The van der Waals surface area contributed by atoms with E-state index in [1.165, 1.54) is 0 Å². The molecule has 0 fully saturated rings. The van der Waals surface area contributed by atoms with Crippen LogP contribution in [0.3, 0.4) is 0 Å². The van der Waals surface area contributed by atoms with Crippen molar-refractivity contribution in [3.05, 3.63) is 67.5 Å². The van der Waals surface area contributed by atoms with Crippen LogP contribution in [-0.2, 0) is 0 Å². The second-order valence-corrected chi connectivity index (χ2v) is 4.77. The molecule has 0 unspecified atom stereocenters. The number of aromatic amines is 1. The molecule has 0 aliphatic heterocycles. The van der Waals surface area contributed by atoms with Gasteiger partial charge in [-0.15, -0.1) is 0 Å². The van der Waals surface area contributed by atoms with Crippen LogP contribution in [0.2, 0.25) is 0 Å². The zero-order valence-electron chi connectivity index (χ0n) is 11.2. The highest BCUT2D eigenvalue weighted by molar-refractivity contribution is 5.97. The number of H-pyrrole nitrogens is 1. The van der Waals surface area contributed by atoms with E-state index in [2.05, 4.69) is 32.1 Å². The highest BCUT2D eigenvalue weighted by Gasteiger charge is 2.13. The van der Waals surface area contributed by atoms with Crippen LogP contribution in [0.5, 0.6) is 0 Å². The van der Waals surface area contributed by atoms with Gasteiger partial charge in [-0.3, -0.25) is 4.98 Å². The van der Waals surface area contributed by atoms with Gasteiger partial charge in [-0.05, 0) is 11.6 Å². The summed E-state index contributed by atoms with van der Waals surface area (Å²) >= 11 is 0. The van der Waals surface area contributed by atoms with E-state index in [9.17, 15) is 0 Å². The number of rotatable bonds is 2. The van der Waals surface area contributed by atoms with Gasteiger partial charge >= 0.3 is 0 Å². The monoisotopic (exact) mass is 272 g/mol. The molecule has 0 saturated carbocycles. The first kappa shape index (κ1) is 11.8. The van der Waals surface area contributed by atoms with E-state index in [0.29, 0.717) is 0 Å². The Kier molecular flexibility index (Phi) is 2.71. The highest BCUT2D eigenvalue weighted by Crippen LogP contribution is 2.33. The highest BCUT2D eigenvalue weighted by atomic mass is 14.8. The molecule has 0 bridgehead atoms. The zero-order valence-corrected chi connectivity index (χ0v) is 11.2. The topological polar surface area (TPSA) is 54.5 Å². The lowest BCUT2D eigenvalue weighted by Crippen LogP contribution is -1.90. The summed E-state index contributed by atoms with van der Waals surface area (Å²) in [5, 5.41) is 1.11. The van der Waals surface area contributed by atoms with Crippen LogP contribution in [0.25, 0.3) is 33.3 Å². The minimum atomic E-state index is 0.925. The summed E-state index contributed by atoms with van der Waals surface area (Å²) in [6, 6.07) is 12.2. The van der Waals surface area contributed by atoms with Crippen LogP contribution in [0.4, 0.5) is 0 Å². The Morgan fingerprint density at radius 3 is 2.67 bits per heavy atom. The molecule has 3 aromatic heterocycles. The van der Waals surface area contributed by atoms with Crippen LogP contribution >= 0.6 is 0 Å². The predicted octanol–water partition coefficient (Wildman–Crippen LogP) is 3.69. The lowest BCUT2D eigenvalue weighted by atomic mass is 10.0. The van der Waals surface area contributed by atoms with Crippen molar-refractivity contribution in [1.82, 2.24) is 19.9 Å². The van der Waals surface area contributed by atoms with E-state index >= 15 is 0 Å². The Balaban J connectivity index is 1.98. The van der Waals surface area contributed by atoms with Crippen LogP contribution in [-0.4, -0.2) is 19.9 Å². The smallest absolute Gasteiger partial charge is 0.116 e. The van der Waals surface area contributed by atoms with Crippen molar-refractivity contribution in [2.75, 3.05) is 0 Å². The lowest BCUT2D eigenvalue weighted by Gasteiger charge is -2.07. The second kappa shape index (κ2) is 4.83. The first-order valence-electron chi connectivity index (χ1n) is 6.70. The maximum atomic E-state index is 4.50. The van der Waals surface area contributed by atoms with E-state index < -0.39 is 0 Å². The first-order chi connectivity index (χ1) is 10.4. The number of nitrogens with zero attached hydrogens (tertiary/aromatic N) is 3. The minimum Gasteiger partial charge on any atom is -0.359 e. The van der Waals surface area contributed by atoms with Crippen LogP contribution in [0.1, 0.15) is 0 Å². The molecular formula is C17H12N4. The van der Waals surface area contributed by atoms with E-state index in [4.69, 9.17) is 0 Å². The Morgan fingerprint density at radius 1 is 0.857 bits per heavy atom. The van der Waals surface area contributed by atoms with Gasteiger partial charge in [0.05, 0.1) is 17.4 Å². The van der Waals surface area contributed by atoms with Crippen molar-refractivity contribution in [3.8, 4) is 22.4 Å². The van der Waals surface area contributed by atoms with Crippen molar-refractivity contribution in [1.29, 1.82) is 0 Å². The molecule has 1 aromatic carbocycles. The van der Waals surface area contributed by atoms with E-state index in [1.54, 1.807) is 12.5 Å². The van der Waals surface area contributed by atoms with Gasteiger partial charge in [0.2, 0.25) is 0 Å². The molecule has 4 aromatic rings. The molecule has 100 valence electrons. The SMILES string of the molecule is c1ccc(-c2cncnc2-c2c[nH]c3cnccc23)cc1. The summed E-state index contributed by atoms with van der Waals surface area (Å²) in [6.07, 6.45) is 9.03. The quantitative estimate of drug-likeness (QED) is 0.605. The maximum Gasteiger partial charge on any atom is 0.116 e. The molecule has 4 nitrogen and oxygen atoms in total. The zero-order chi connectivity index (χ0) is 14.1. The summed E-state index contributed by atoms with van der Waals surface area (Å²) in [6.45, 7) is 0. The third kappa shape index (κ3) is 1.97. The van der Waals surface area contributed by atoms with Gasteiger partial charge in [-0.25, -0.2) is 9.97 Å².